The maximum atomic E-state index is 10.3. The maximum absolute atomic E-state index is 10.3. The van der Waals surface area contributed by atoms with Crippen LogP contribution in [0.15, 0.2) is 5.10 Å². The summed E-state index contributed by atoms with van der Waals surface area (Å²) in [6.45, 7) is 1.60. The van der Waals surface area contributed by atoms with Crippen LogP contribution in [0.1, 0.15) is 6.92 Å². The van der Waals surface area contributed by atoms with E-state index < -0.39 is 0 Å². The molecule has 6 heteroatoms. The summed E-state index contributed by atoms with van der Waals surface area (Å²) in [5.41, 5.74) is 7.23. The highest BCUT2D eigenvalue weighted by molar-refractivity contribution is 5.86. The van der Waals surface area contributed by atoms with Crippen molar-refractivity contribution in [1.29, 1.82) is 0 Å². The molecule has 6 N–H and O–H groups in total. The van der Waals surface area contributed by atoms with E-state index in [1.807, 2.05) is 5.53 Å². The van der Waals surface area contributed by atoms with Gasteiger partial charge in [-0.25, -0.2) is 11.4 Å². The highest BCUT2D eigenvalue weighted by Gasteiger charge is 1.92. The molecule has 0 radical (unpaired) electrons. The predicted molar refractivity (Wildman–Crippen MR) is 37.6 cm³/mol. The van der Waals surface area contributed by atoms with E-state index in [0.717, 1.165) is 0 Å². The number of nitrogens with zero attached hydrogens (tertiary/aromatic N) is 1. The lowest BCUT2D eigenvalue weighted by Gasteiger charge is -1.99. The molecule has 0 aliphatic carbocycles. The molecule has 0 fully saturated rings. The van der Waals surface area contributed by atoms with Gasteiger partial charge in [-0.3, -0.25) is 4.79 Å². The monoisotopic (exact) mass is 145 g/mol. The SMILES string of the molecule is CC(=O)NC/C(N)=N/NN. The largest absolute Gasteiger partial charge is 0.384 e. The van der Waals surface area contributed by atoms with Gasteiger partial charge in [0, 0.05) is 6.92 Å². The summed E-state index contributed by atoms with van der Waals surface area (Å²) in [6.07, 6.45) is 0. The molecule has 0 aromatic heterocycles. The minimum absolute atomic E-state index is 0.157. The quantitative estimate of drug-likeness (QED) is 0.157. The Labute approximate surface area is 58.6 Å². The Kier molecular flexibility index (Phi) is 3.97. The first-order chi connectivity index (χ1) is 4.66. The summed E-state index contributed by atoms with van der Waals surface area (Å²) in [5, 5.41) is 5.84. The van der Waals surface area contributed by atoms with Crippen LogP contribution in [-0.2, 0) is 4.79 Å². The number of amides is 1. The van der Waals surface area contributed by atoms with Gasteiger partial charge >= 0.3 is 0 Å². The molecule has 1 amide bonds. The summed E-state index contributed by atoms with van der Waals surface area (Å²) < 4.78 is 0. The van der Waals surface area contributed by atoms with E-state index in [-0.39, 0.29) is 18.3 Å². The molecule has 10 heavy (non-hydrogen) atoms. The minimum atomic E-state index is -0.157. The van der Waals surface area contributed by atoms with E-state index in [9.17, 15) is 4.79 Å². The van der Waals surface area contributed by atoms with E-state index >= 15 is 0 Å². The third-order valence-electron chi connectivity index (χ3n) is 0.727. The fourth-order valence-corrected chi connectivity index (χ4v) is 0.337. The number of nitrogens with two attached hydrogens (primary N) is 2. The van der Waals surface area contributed by atoms with Crippen LogP contribution in [0, 0.1) is 0 Å². The van der Waals surface area contributed by atoms with Crippen LogP contribution in [0.5, 0.6) is 0 Å². The van der Waals surface area contributed by atoms with Gasteiger partial charge in [0.1, 0.15) is 5.84 Å². The number of amidine groups is 1. The fraction of sp³-hybridized carbons (Fsp3) is 0.500. The molecular weight excluding hydrogens is 134 g/mol. The Bertz CT molecular complexity index is 143. The molecule has 0 heterocycles. The first-order valence-electron chi connectivity index (χ1n) is 2.69. The second kappa shape index (κ2) is 4.57. The predicted octanol–water partition coefficient (Wildman–Crippen LogP) is -2.14. The van der Waals surface area contributed by atoms with Crippen LogP contribution < -0.4 is 22.4 Å². The second-order valence-corrected chi connectivity index (χ2v) is 1.64. The first-order valence-corrected chi connectivity index (χ1v) is 2.69. The number of hydrogen-bond donors (Lipinski definition) is 4. The van der Waals surface area contributed by atoms with Gasteiger partial charge in [-0.05, 0) is 0 Å². The van der Waals surface area contributed by atoms with Crippen LogP contribution in [0.3, 0.4) is 0 Å². The number of hydrogen-bond acceptors (Lipinski definition) is 4. The fourth-order valence-electron chi connectivity index (χ4n) is 0.337. The van der Waals surface area contributed by atoms with Gasteiger partial charge in [0.15, 0.2) is 0 Å². The number of carbonyl (C=O) groups is 1. The molecular formula is C4H11N5O. The third kappa shape index (κ3) is 4.85. The molecule has 0 aliphatic heterocycles. The minimum Gasteiger partial charge on any atom is -0.384 e. The zero-order chi connectivity index (χ0) is 7.98. The smallest absolute Gasteiger partial charge is 0.217 e. The molecule has 6 nitrogen and oxygen atoms in total. The van der Waals surface area contributed by atoms with Crippen molar-refractivity contribution >= 4 is 11.7 Å². The number of nitrogens with one attached hydrogen (secondary N) is 2. The second-order valence-electron chi connectivity index (χ2n) is 1.64. The van der Waals surface area contributed by atoms with Crippen LogP contribution in [0.25, 0.3) is 0 Å². The summed E-state index contributed by atoms with van der Waals surface area (Å²) in [6, 6.07) is 0. The third-order valence-corrected chi connectivity index (χ3v) is 0.727. The van der Waals surface area contributed by atoms with Crippen LogP contribution >= 0.6 is 0 Å². The molecule has 0 aliphatic rings. The van der Waals surface area contributed by atoms with E-state index in [4.69, 9.17) is 11.6 Å². The van der Waals surface area contributed by atoms with Gasteiger partial charge in [-0.2, -0.15) is 5.10 Å². The maximum Gasteiger partial charge on any atom is 0.217 e. The molecule has 0 saturated heterocycles. The molecule has 58 valence electrons. The zero-order valence-corrected chi connectivity index (χ0v) is 5.72. The number of hydrazine groups is 1. The van der Waals surface area contributed by atoms with Crippen molar-refractivity contribution < 1.29 is 4.79 Å². The molecule has 0 atom stereocenters. The Hall–Kier alpha value is -1.30. The van der Waals surface area contributed by atoms with Crippen molar-refractivity contribution in [1.82, 2.24) is 10.9 Å². The summed E-state index contributed by atoms with van der Waals surface area (Å²) in [4.78, 5) is 10.3. The molecule has 0 bridgehead atoms. The molecule has 0 unspecified atom stereocenters. The van der Waals surface area contributed by atoms with Crippen LogP contribution in [0.2, 0.25) is 0 Å². The Morgan fingerprint density at radius 3 is 2.70 bits per heavy atom. The lowest BCUT2D eigenvalue weighted by atomic mass is 10.5. The van der Waals surface area contributed by atoms with E-state index in [0.29, 0.717) is 0 Å². The highest BCUT2D eigenvalue weighted by Crippen LogP contribution is 1.62. The van der Waals surface area contributed by atoms with E-state index in [2.05, 4.69) is 10.4 Å². The number of carbonyl (C=O) groups excluding carboxylic acids is 1. The Morgan fingerprint density at radius 2 is 2.30 bits per heavy atom. The Morgan fingerprint density at radius 1 is 1.70 bits per heavy atom. The van der Waals surface area contributed by atoms with Crippen molar-refractivity contribution in [2.45, 2.75) is 6.92 Å². The van der Waals surface area contributed by atoms with Gasteiger partial charge in [-0.15, -0.1) is 0 Å². The zero-order valence-electron chi connectivity index (χ0n) is 5.72. The van der Waals surface area contributed by atoms with Gasteiger partial charge in [0.25, 0.3) is 0 Å². The van der Waals surface area contributed by atoms with Gasteiger partial charge in [0.05, 0.1) is 6.54 Å². The average Bonchev–Trinajstić information content (AvgIpc) is 1.85. The molecule has 0 rings (SSSR count). The molecule has 0 spiro atoms. The topological polar surface area (TPSA) is 106 Å². The molecule has 0 saturated carbocycles. The van der Waals surface area contributed by atoms with Crippen LogP contribution in [0.4, 0.5) is 0 Å². The van der Waals surface area contributed by atoms with Crippen molar-refractivity contribution in [3.63, 3.8) is 0 Å². The summed E-state index contributed by atoms with van der Waals surface area (Å²) in [7, 11) is 0. The molecule has 0 aromatic carbocycles. The first kappa shape index (κ1) is 8.70. The van der Waals surface area contributed by atoms with Gasteiger partial charge in [-0.1, -0.05) is 0 Å². The Balaban J connectivity index is 3.48. The average molecular weight is 145 g/mol. The standard InChI is InChI=1S/C4H11N5O/c1-3(10)7-2-4(5)8-9-6/h9H,2,6H2,1H3,(H2,5,8)(H,7,10). The van der Waals surface area contributed by atoms with Gasteiger partial charge < -0.3 is 11.1 Å². The number of rotatable bonds is 3. The lowest BCUT2D eigenvalue weighted by Crippen LogP contribution is -2.34. The number of hydrazone groups is 1. The van der Waals surface area contributed by atoms with E-state index in [1.165, 1.54) is 6.92 Å². The van der Waals surface area contributed by atoms with Crippen LogP contribution in [-0.4, -0.2) is 18.3 Å². The van der Waals surface area contributed by atoms with Crippen molar-refractivity contribution in [3.8, 4) is 0 Å². The van der Waals surface area contributed by atoms with Gasteiger partial charge in [0.2, 0.25) is 5.91 Å². The van der Waals surface area contributed by atoms with E-state index in [1.54, 1.807) is 0 Å². The summed E-state index contributed by atoms with van der Waals surface area (Å²) >= 11 is 0. The van der Waals surface area contributed by atoms with Crippen molar-refractivity contribution in [2.75, 3.05) is 6.54 Å². The van der Waals surface area contributed by atoms with Crippen molar-refractivity contribution in [3.05, 3.63) is 0 Å². The highest BCUT2D eigenvalue weighted by atomic mass is 16.1. The molecule has 0 aromatic rings. The normalized spacial score (nSPS) is 10.8. The van der Waals surface area contributed by atoms with Crippen molar-refractivity contribution in [2.24, 2.45) is 16.7 Å². The summed E-state index contributed by atoms with van der Waals surface area (Å²) in [5.74, 6) is 4.88. The lowest BCUT2D eigenvalue weighted by molar-refractivity contribution is -0.118.